The maximum atomic E-state index is 11.1. The maximum absolute atomic E-state index is 11.1. The molecule has 0 fully saturated rings. The van der Waals surface area contributed by atoms with Gasteiger partial charge in [-0.25, -0.2) is 4.79 Å². The lowest BCUT2D eigenvalue weighted by atomic mass is 9.98. The second kappa shape index (κ2) is 5.24. The summed E-state index contributed by atoms with van der Waals surface area (Å²) in [6.07, 6.45) is 1.95. The number of carboxylic acid groups (broad SMARTS) is 1. The monoisotopic (exact) mass is 286 g/mol. The summed E-state index contributed by atoms with van der Waals surface area (Å²) >= 11 is 0. The Morgan fingerprint density at radius 1 is 1.43 bits per heavy atom. The Labute approximate surface area is 123 Å². The summed E-state index contributed by atoms with van der Waals surface area (Å²) in [7, 11) is 0. The highest BCUT2D eigenvalue weighted by atomic mass is 16.5. The Kier molecular flexibility index (Phi) is 3.41. The molecule has 5 nitrogen and oxygen atoms in total. The molecule has 0 unspecified atom stereocenters. The quantitative estimate of drug-likeness (QED) is 0.939. The van der Waals surface area contributed by atoms with Crippen LogP contribution in [0.3, 0.4) is 0 Å². The molecule has 1 aliphatic rings. The third-order valence-corrected chi connectivity index (χ3v) is 4.07. The Morgan fingerprint density at radius 2 is 2.24 bits per heavy atom. The van der Waals surface area contributed by atoms with E-state index in [-0.39, 0.29) is 0 Å². The summed E-state index contributed by atoms with van der Waals surface area (Å²) in [6.45, 7) is 5.59. The fourth-order valence-electron chi connectivity index (χ4n) is 2.89. The summed E-state index contributed by atoms with van der Waals surface area (Å²) in [5.41, 5.74) is 4.61. The van der Waals surface area contributed by atoms with Crippen LogP contribution in [0, 0.1) is 13.8 Å². The number of carbonyl (C=O) groups is 1. The smallest absolute Gasteiger partial charge is 0.335 e. The second-order valence-electron chi connectivity index (χ2n) is 5.48. The van der Waals surface area contributed by atoms with Crippen molar-refractivity contribution in [2.75, 3.05) is 11.4 Å². The van der Waals surface area contributed by atoms with E-state index in [2.05, 4.69) is 10.1 Å². The van der Waals surface area contributed by atoms with Gasteiger partial charge >= 0.3 is 5.97 Å². The van der Waals surface area contributed by atoms with Gasteiger partial charge in [-0.05, 0) is 50.5 Å². The highest BCUT2D eigenvalue weighted by Crippen LogP contribution is 2.30. The van der Waals surface area contributed by atoms with Crippen molar-refractivity contribution in [3.05, 3.63) is 46.3 Å². The first-order valence-electron chi connectivity index (χ1n) is 7.09. The van der Waals surface area contributed by atoms with Gasteiger partial charge in [0.2, 0.25) is 0 Å². The molecule has 5 heteroatoms. The number of hydrogen-bond donors (Lipinski definition) is 1. The highest BCUT2D eigenvalue weighted by molar-refractivity contribution is 5.88. The van der Waals surface area contributed by atoms with Crippen molar-refractivity contribution in [3.8, 4) is 0 Å². The number of rotatable bonds is 3. The van der Waals surface area contributed by atoms with E-state index < -0.39 is 5.97 Å². The Bertz CT molecular complexity index is 671. The molecule has 0 aliphatic carbocycles. The fourth-order valence-corrected chi connectivity index (χ4v) is 2.89. The molecule has 0 atom stereocenters. The minimum absolute atomic E-state index is 0.355. The first kappa shape index (κ1) is 13.7. The van der Waals surface area contributed by atoms with Gasteiger partial charge in [0, 0.05) is 24.3 Å². The average Bonchev–Trinajstić information content (AvgIpc) is 2.79. The largest absolute Gasteiger partial charge is 0.478 e. The van der Waals surface area contributed by atoms with Crippen molar-refractivity contribution in [2.45, 2.75) is 33.2 Å². The van der Waals surface area contributed by atoms with E-state index in [4.69, 9.17) is 9.63 Å². The number of nitrogens with zero attached hydrogens (tertiary/aromatic N) is 2. The fraction of sp³-hybridized carbons (Fsp3) is 0.375. The van der Waals surface area contributed by atoms with Crippen LogP contribution >= 0.6 is 0 Å². The van der Waals surface area contributed by atoms with Crippen molar-refractivity contribution in [1.82, 2.24) is 5.16 Å². The van der Waals surface area contributed by atoms with Gasteiger partial charge in [-0.1, -0.05) is 5.16 Å². The van der Waals surface area contributed by atoms with E-state index in [1.165, 1.54) is 0 Å². The molecule has 1 aromatic heterocycles. The Morgan fingerprint density at radius 3 is 2.90 bits per heavy atom. The zero-order valence-corrected chi connectivity index (χ0v) is 12.2. The summed E-state index contributed by atoms with van der Waals surface area (Å²) in [5.74, 6) is -0.0255. The molecule has 0 bridgehead atoms. The van der Waals surface area contributed by atoms with Crippen LogP contribution < -0.4 is 4.90 Å². The van der Waals surface area contributed by atoms with Crippen LogP contribution in [0.15, 0.2) is 22.7 Å². The molecule has 2 aromatic rings. The van der Waals surface area contributed by atoms with Gasteiger partial charge in [-0.2, -0.15) is 0 Å². The maximum Gasteiger partial charge on any atom is 0.335 e. The number of aryl methyl sites for hydroxylation is 3. The minimum atomic E-state index is -0.874. The topological polar surface area (TPSA) is 66.6 Å². The van der Waals surface area contributed by atoms with E-state index in [1.807, 2.05) is 19.9 Å². The standard InChI is InChI=1S/C16H18N2O3/c1-10-14(11(2)21-17-10)9-18-7-3-4-12-8-13(16(19)20)5-6-15(12)18/h5-6,8H,3-4,7,9H2,1-2H3,(H,19,20). The number of aromatic nitrogens is 1. The first-order chi connectivity index (χ1) is 10.1. The van der Waals surface area contributed by atoms with Crippen LogP contribution in [-0.2, 0) is 13.0 Å². The predicted molar refractivity (Wildman–Crippen MR) is 78.7 cm³/mol. The van der Waals surface area contributed by atoms with Gasteiger partial charge in [0.25, 0.3) is 0 Å². The number of carboxylic acids is 1. The Hall–Kier alpha value is -2.30. The number of benzene rings is 1. The molecule has 2 heterocycles. The van der Waals surface area contributed by atoms with Crippen LogP contribution in [0.25, 0.3) is 0 Å². The molecule has 1 aromatic carbocycles. The Balaban J connectivity index is 1.92. The molecular weight excluding hydrogens is 268 g/mol. The summed E-state index contributed by atoms with van der Waals surface area (Å²) in [5, 5.41) is 13.1. The molecule has 0 spiro atoms. The van der Waals surface area contributed by atoms with Crippen molar-refractivity contribution in [1.29, 1.82) is 0 Å². The predicted octanol–water partition coefficient (Wildman–Crippen LogP) is 2.94. The molecule has 0 radical (unpaired) electrons. The SMILES string of the molecule is Cc1noc(C)c1CN1CCCc2cc(C(=O)O)ccc21. The number of aromatic carboxylic acids is 1. The van der Waals surface area contributed by atoms with Gasteiger partial charge in [0.1, 0.15) is 5.76 Å². The lowest BCUT2D eigenvalue weighted by Crippen LogP contribution is -2.29. The van der Waals surface area contributed by atoms with Crippen molar-refractivity contribution >= 4 is 11.7 Å². The zero-order chi connectivity index (χ0) is 15.0. The van der Waals surface area contributed by atoms with E-state index in [1.54, 1.807) is 12.1 Å². The van der Waals surface area contributed by atoms with Gasteiger partial charge < -0.3 is 14.5 Å². The molecule has 0 saturated heterocycles. The van der Waals surface area contributed by atoms with Crippen molar-refractivity contribution in [2.24, 2.45) is 0 Å². The summed E-state index contributed by atoms with van der Waals surface area (Å²) in [4.78, 5) is 13.4. The lowest BCUT2D eigenvalue weighted by Gasteiger charge is -2.31. The number of hydrogen-bond acceptors (Lipinski definition) is 4. The van der Waals surface area contributed by atoms with Crippen LogP contribution in [0.1, 0.15) is 39.4 Å². The minimum Gasteiger partial charge on any atom is -0.478 e. The lowest BCUT2D eigenvalue weighted by molar-refractivity contribution is 0.0696. The number of anilines is 1. The molecule has 21 heavy (non-hydrogen) atoms. The van der Waals surface area contributed by atoms with Crippen LogP contribution in [0.4, 0.5) is 5.69 Å². The van der Waals surface area contributed by atoms with Crippen molar-refractivity contribution in [3.63, 3.8) is 0 Å². The molecule has 1 aliphatic heterocycles. The van der Waals surface area contributed by atoms with Gasteiger partial charge in [0.15, 0.2) is 0 Å². The molecular formula is C16H18N2O3. The van der Waals surface area contributed by atoms with Crippen LogP contribution in [-0.4, -0.2) is 22.8 Å². The average molecular weight is 286 g/mol. The first-order valence-corrected chi connectivity index (χ1v) is 7.09. The van der Waals surface area contributed by atoms with Gasteiger partial charge in [-0.3, -0.25) is 0 Å². The highest BCUT2D eigenvalue weighted by Gasteiger charge is 2.21. The summed E-state index contributed by atoms with van der Waals surface area (Å²) in [6, 6.07) is 5.38. The molecule has 0 amide bonds. The van der Waals surface area contributed by atoms with E-state index in [9.17, 15) is 4.79 Å². The third kappa shape index (κ3) is 2.51. The van der Waals surface area contributed by atoms with E-state index in [0.717, 1.165) is 54.2 Å². The zero-order valence-electron chi connectivity index (χ0n) is 12.2. The summed E-state index contributed by atoms with van der Waals surface area (Å²) < 4.78 is 5.22. The second-order valence-corrected chi connectivity index (χ2v) is 5.48. The van der Waals surface area contributed by atoms with Crippen LogP contribution in [0.2, 0.25) is 0 Å². The van der Waals surface area contributed by atoms with E-state index in [0.29, 0.717) is 5.56 Å². The molecule has 110 valence electrons. The van der Waals surface area contributed by atoms with Gasteiger partial charge in [0.05, 0.1) is 11.3 Å². The third-order valence-electron chi connectivity index (χ3n) is 4.07. The molecule has 1 N–H and O–H groups in total. The van der Waals surface area contributed by atoms with Crippen molar-refractivity contribution < 1.29 is 14.4 Å². The normalized spacial score (nSPS) is 14.1. The van der Waals surface area contributed by atoms with E-state index >= 15 is 0 Å². The molecule has 3 rings (SSSR count). The molecule has 0 saturated carbocycles. The van der Waals surface area contributed by atoms with Gasteiger partial charge in [-0.15, -0.1) is 0 Å². The van der Waals surface area contributed by atoms with Crippen LogP contribution in [0.5, 0.6) is 0 Å². The number of fused-ring (bicyclic) bond motifs is 1.